The normalized spacial score (nSPS) is 10.5. The average molecular weight is 205 g/mol. The van der Waals surface area contributed by atoms with E-state index in [-0.39, 0.29) is 0 Å². The predicted molar refractivity (Wildman–Crippen MR) is 56.4 cm³/mol. The van der Waals surface area contributed by atoms with Gasteiger partial charge in [-0.3, -0.25) is 4.79 Å². The molecule has 0 aromatic heterocycles. The Morgan fingerprint density at radius 1 is 1.40 bits per heavy atom. The van der Waals surface area contributed by atoms with Crippen molar-refractivity contribution in [2.24, 2.45) is 5.73 Å². The Morgan fingerprint density at radius 2 is 2.07 bits per heavy atom. The van der Waals surface area contributed by atoms with Crippen LogP contribution in [0, 0.1) is 6.92 Å². The number of primary amides is 1. The zero-order valence-corrected chi connectivity index (χ0v) is 8.23. The van der Waals surface area contributed by atoms with Gasteiger partial charge in [-0.25, -0.2) is 4.79 Å². The first-order chi connectivity index (χ1) is 7.02. The van der Waals surface area contributed by atoms with E-state index in [9.17, 15) is 9.59 Å². The van der Waals surface area contributed by atoms with Crippen molar-refractivity contribution < 1.29 is 14.7 Å². The van der Waals surface area contributed by atoms with Gasteiger partial charge in [-0.15, -0.1) is 0 Å². The van der Waals surface area contributed by atoms with Crippen molar-refractivity contribution in [3.63, 3.8) is 0 Å². The summed E-state index contributed by atoms with van der Waals surface area (Å²) in [6.45, 7) is 1.72. The molecule has 1 amide bonds. The van der Waals surface area contributed by atoms with E-state index < -0.39 is 11.9 Å². The molecule has 0 saturated heterocycles. The van der Waals surface area contributed by atoms with Gasteiger partial charge in [0.25, 0.3) is 0 Å². The smallest absolute Gasteiger partial charge is 0.328 e. The minimum absolute atomic E-state index is 0.405. The first kappa shape index (κ1) is 11.0. The summed E-state index contributed by atoms with van der Waals surface area (Å²) >= 11 is 0. The predicted octanol–water partition coefficient (Wildman–Crippen LogP) is 1.19. The number of aliphatic carboxylic acids is 1. The van der Waals surface area contributed by atoms with Crippen molar-refractivity contribution in [3.8, 4) is 0 Å². The molecule has 0 bridgehead atoms. The Bertz CT molecular complexity index is 435. The quantitative estimate of drug-likeness (QED) is 0.727. The number of carboxylic acid groups (broad SMARTS) is 1. The molecule has 0 fully saturated rings. The summed E-state index contributed by atoms with van der Waals surface area (Å²) in [5.41, 5.74) is 6.92. The minimum Gasteiger partial charge on any atom is -0.478 e. The first-order valence-corrected chi connectivity index (χ1v) is 4.33. The summed E-state index contributed by atoms with van der Waals surface area (Å²) in [4.78, 5) is 21.3. The molecule has 0 aliphatic rings. The Labute approximate surface area is 87.0 Å². The van der Waals surface area contributed by atoms with Crippen molar-refractivity contribution in [3.05, 3.63) is 41.0 Å². The maximum absolute atomic E-state index is 11.0. The zero-order chi connectivity index (χ0) is 11.4. The molecule has 3 N–H and O–H groups in total. The van der Waals surface area contributed by atoms with Gasteiger partial charge in [-0.05, 0) is 30.2 Å². The fourth-order valence-corrected chi connectivity index (χ4v) is 1.26. The zero-order valence-electron chi connectivity index (χ0n) is 8.23. The number of rotatable bonds is 3. The molecule has 0 spiro atoms. The van der Waals surface area contributed by atoms with Crippen molar-refractivity contribution in [1.82, 2.24) is 0 Å². The lowest BCUT2D eigenvalue weighted by atomic mass is 10.0. The largest absolute Gasteiger partial charge is 0.478 e. The molecule has 78 valence electrons. The fourth-order valence-electron chi connectivity index (χ4n) is 1.26. The molecule has 0 atom stereocenters. The van der Waals surface area contributed by atoms with E-state index in [0.29, 0.717) is 16.7 Å². The van der Waals surface area contributed by atoms with Gasteiger partial charge < -0.3 is 10.8 Å². The number of carbonyl (C=O) groups is 2. The van der Waals surface area contributed by atoms with Gasteiger partial charge in [0, 0.05) is 11.6 Å². The van der Waals surface area contributed by atoms with Gasteiger partial charge in [0.15, 0.2) is 0 Å². The number of amides is 1. The van der Waals surface area contributed by atoms with E-state index >= 15 is 0 Å². The molecular formula is C11H11NO3. The second-order valence-electron chi connectivity index (χ2n) is 3.06. The Morgan fingerprint density at radius 3 is 2.60 bits per heavy atom. The first-order valence-electron chi connectivity index (χ1n) is 4.33. The van der Waals surface area contributed by atoms with Crippen LogP contribution in [-0.2, 0) is 4.79 Å². The van der Waals surface area contributed by atoms with Gasteiger partial charge in [0.2, 0.25) is 5.91 Å². The molecular weight excluding hydrogens is 194 g/mol. The summed E-state index contributed by atoms with van der Waals surface area (Å²) in [6.07, 6.45) is 2.46. The molecule has 1 aromatic rings. The molecule has 0 saturated carbocycles. The Kier molecular flexibility index (Phi) is 3.23. The summed E-state index contributed by atoms with van der Waals surface area (Å²) < 4.78 is 0. The van der Waals surface area contributed by atoms with Gasteiger partial charge >= 0.3 is 5.97 Å². The lowest BCUT2D eigenvalue weighted by Crippen LogP contribution is -2.13. The maximum Gasteiger partial charge on any atom is 0.328 e. The molecule has 4 heteroatoms. The molecule has 15 heavy (non-hydrogen) atoms. The lowest BCUT2D eigenvalue weighted by molar-refractivity contribution is -0.131. The van der Waals surface area contributed by atoms with Crippen LogP contribution in [0.3, 0.4) is 0 Å². The van der Waals surface area contributed by atoms with Gasteiger partial charge in [-0.1, -0.05) is 12.1 Å². The monoisotopic (exact) mass is 205 g/mol. The third-order valence-corrected chi connectivity index (χ3v) is 2.05. The maximum atomic E-state index is 11.0. The fraction of sp³-hybridized carbons (Fsp3) is 0.0909. The number of nitrogens with two attached hydrogens (primary N) is 1. The van der Waals surface area contributed by atoms with E-state index in [1.807, 2.05) is 0 Å². The lowest BCUT2D eigenvalue weighted by Gasteiger charge is -2.04. The van der Waals surface area contributed by atoms with Crippen LogP contribution in [0.2, 0.25) is 0 Å². The molecule has 0 unspecified atom stereocenters. The van der Waals surface area contributed by atoms with Crippen LogP contribution in [0.15, 0.2) is 24.3 Å². The van der Waals surface area contributed by atoms with E-state index in [1.165, 1.54) is 6.08 Å². The van der Waals surface area contributed by atoms with Crippen molar-refractivity contribution in [2.75, 3.05) is 0 Å². The molecule has 0 aliphatic carbocycles. The van der Waals surface area contributed by atoms with E-state index in [0.717, 1.165) is 6.08 Å². The van der Waals surface area contributed by atoms with Crippen LogP contribution in [0.25, 0.3) is 6.08 Å². The molecule has 0 heterocycles. The summed E-state index contributed by atoms with van der Waals surface area (Å²) in [6, 6.07) is 4.99. The molecule has 4 nitrogen and oxygen atoms in total. The summed E-state index contributed by atoms with van der Waals surface area (Å²) in [5, 5.41) is 8.47. The van der Waals surface area contributed by atoms with Crippen molar-refractivity contribution in [1.29, 1.82) is 0 Å². The van der Waals surface area contributed by atoms with E-state index in [2.05, 4.69) is 0 Å². The second-order valence-corrected chi connectivity index (χ2v) is 3.06. The number of hydrogen-bond acceptors (Lipinski definition) is 2. The number of carboxylic acids is 1. The topological polar surface area (TPSA) is 80.4 Å². The van der Waals surface area contributed by atoms with Gasteiger partial charge in [-0.2, -0.15) is 0 Å². The number of carbonyl (C=O) groups excluding carboxylic acids is 1. The van der Waals surface area contributed by atoms with Crippen LogP contribution in [0.4, 0.5) is 0 Å². The van der Waals surface area contributed by atoms with E-state index in [1.54, 1.807) is 25.1 Å². The summed E-state index contributed by atoms with van der Waals surface area (Å²) in [7, 11) is 0. The van der Waals surface area contributed by atoms with Crippen LogP contribution in [-0.4, -0.2) is 17.0 Å². The molecule has 1 aromatic carbocycles. The molecule has 0 aliphatic heterocycles. The van der Waals surface area contributed by atoms with Gasteiger partial charge in [0.1, 0.15) is 0 Å². The highest BCUT2D eigenvalue weighted by atomic mass is 16.4. The minimum atomic E-state index is -1.03. The average Bonchev–Trinajstić information content (AvgIpc) is 2.15. The highest BCUT2D eigenvalue weighted by Crippen LogP contribution is 2.14. The highest BCUT2D eigenvalue weighted by Gasteiger charge is 2.06. The Hall–Kier alpha value is -2.10. The van der Waals surface area contributed by atoms with Crippen LogP contribution in [0.5, 0.6) is 0 Å². The second kappa shape index (κ2) is 4.41. The van der Waals surface area contributed by atoms with Crippen LogP contribution in [0.1, 0.15) is 21.5 Å². The molecule has 0 radical (unpaired) electrons. The third kappa shape index (κ3) is 2.67. The highest BCUT2D eigenvalue weighted by molar-refractivity contribution is 5.95. The third-order valence-electron chi connectivity index (χ3n) is 2.05. The van der Waals surface area contributed by atoms with Crippen LogP contribution < -0.4 is 5.73 Å². The summed E-state index contributed by atoms with van der Waals surface area (Å²) in [5.74, 6) is -1.54. The van der Waals surface area contributed by atoms with Gasteiger partial charge in [0.05, 0.1) is 0 Å². The number of benzene rings is 1. The van der Waals surface area contributed by atoms with Crippen molar-refractivity contribution in [2.45, 2.75) is 6.92 Å². The molecule has 1 rings (SSSR count). The van der Waals surface area contributed by atoms with E-state index in [4.69, 9.17) is 10.8 Å². The van der Waals surface area contributed by atoms with Crippen LogP contribution >= 0.6 is 0 Å². The standard InChI is InChI=1S/C11H11NO3/c1-7-8(5-6-10(13)14)3-2-4-9(7)11(12)15/h2-6H,1H3,(H2,12,15)(H,13,14)/b6-5+. The number of hydrogen-bond donors (Lipinski definition) is 2. The Balaban J connectivity index is 3.15. The van der Waals surface area contributed by atoms with Crippen molar-refractivity contribution >= 4 is 18.0 Å². The SMILES string of the molecule is Cc1c(/C=C/C(=O)O)cccc1C(N)=O.